The van der Waals surface area contributed by atoms with Gasteiger partial charge in [0.15, 0.2) is 0 Å². The summed E-state index contributed by atoms with van der Waals surface area (Å²) in [5.41, 5.74) is 5.64. The minimum atomic E-state index is -1.02. The summed E-state index contributed by atoms with van der Waals surface area (Å²) in [7, 11) is 0. The van der Waals surface area contributed by atoms with Crippen LogP contribution in [-0.2, 0) is 4.79 Å². The van der Waals surface area contributed by atoms with E-state index in [1.54, 1.807) is 6.07 Å². The molecule has 24 heavy (non-hydrogen) atoms. The van der Waals surface area contributed by atoms with Gasteiger partial charge in [0.2, 0.25) is 11.8 Å². The second-order valence-corrected chi connectivity index (χ2v) is 4.90. The van der Waals surface area contributed by atoms with Crippen LogP contribution >= 0.6 is 0 Å². The Labute approximate surface area is 136 Å². The normalized spacial score (nSPS) is 17.3. The molecule has 120 valence electrons. The van der Waals surface area contributed by atoms with Crippen LogP contribution in [0.15, 0.2) is 47.1 Å². The van der Waals surface area contributed by atoms with Crippen LogP contribution in [0.1, 0.15) is 18.4 Å². The van der Waals surface area contributed by atoms with Crippen LogP contribution in [-0.4, -0.2) is 20.8 Å². The first-order valence-corrected chi connectivity index (χ1v) is 6.61. The number of amides is 1. The molecule has 0 radical (unpaired) electrons. The number of nitrogens with zero attached hydrogens (tertiary/aromatic N) is 4. The molecule has 1 amide bonds. The van der Waals surface area contributed by atoms with Crippen molar-refractivity contribution in [2.75, 3.05) is 0 Å². The standard InChI is InChI=1S/C15H11N5O4/c1-8(21)19-14(18)11(6-16)13(12(7-17)15(19)22)9-2-4-10(5-3-9)20(23)24/h2-5,13,22H,18H2,1H3. The number of carbonyl (C=O) groups excluding carboxylic acids is 1. The lowest BCUT2D eigenvalue weighted by atomic mass is 9.83. The third-order valence-corrected chi connectivity index (χ3v) is 3.54. The first-order chi connectivity index (χ1) is 11.3. The Hall–Kier alpha value is -3.85. The molecule has 1 aromatic carbocycles. The van der Waals surface area contributed by atoms with Crippen molar-refractivity contribution >= 4 is 11.6 Å². The average molecular weight is 325 g/mol. The van der Waals surface area contributed by atoms with Gasteiger partial charge in [0.05, 0.1) is 22.5 Å². The summed E-state index contributed by atoms with van der Waals surface area (Å²) < 4.78 is 0. The van der Waals surface area contributed by atoms with E-state index in [0.29, 0.717) is 10.5 Å². The van der Waals surface area contributed by atoms with Crippen molar-refractivity contribution in [3.63, 3.8) is 0 Å². The Morgan fingerprint density at radius 2 is 1.83 bits per heavy atom. The van der Waals surface area contributed by atoms with Gasteiger partial charge in [-0.05, 0) is 5.56 Å². The maximum atomic E-state index is 11.6. The summed E-state index contributed by atoms with van der Waals surface area (Å²) in [4.78, 5) is 22.5. The van der Waals surface area contributed by atoms with Gasteiger partial charge in [0.25, 0.3) is 5.69 Å². The molecule has 2 rings (SSSR count). The maximum absolute atomic E-state index is 11.6. The smallest absolute Gasteiger partial charge is 0.269 e. The fraction of sp³-hybridized carbons (Fsp3) is 0.133. The van der Waals surface area contributed by atoms with E-state index in [0.717, 1.165) is 6.92 Å². The van der Waals surface area contributed by atoms with Gasteiger partial charge in [-0.2, -0.15) is 10.5 Å². The summed E-state index contributed by atoms with van der Waals surface area (Å²) in [6.07, 6.45) is 0. The number of allylic oxidation sites excluding steroid dienone is 2. The fourth-order valence-corrected chi connectivity index (χ4v) is 2.45. The van der Waals surface area contributed by atoms with Crippen LogP contribution in [0.5, 0.6) is 0 Å². The highest BCUT2D eigenvalue weighted by atomic mass is 16.6. The molecule has 1 aromatic rings. The lowest BCUT2D eigenvalue weighted by Gasteiger charge is -2.30. The average Bonchev–Trinajstić information content (AvgIpc) is 2.54. The van der Waals surface area contributed by atoms with E-state index in [4.69, 9.17) is 5.73 Å². The Morgan fingerprint density at radius 1 is 1.29 bits per heavy atom. The lowest BCUT2D eigenvalue weighted by Crippen LogP contribution is -2.38. The van der Waals surface area contributed by atoms with Crippen molar-refractivity contribution in [3.05, 3.63) is 62.8 Å². The molecule has 1 unspecified atom stereocenters. The van der Waals surface area contributed by atoms with Crippen molar-refractivity contribution in [1.82, 2.24) is 4.90 Å². The molecule has 0 saturated heterocycles. The summed E-state index contributed by atoms with van der Waals surface area (Å²) in [5.74, 6) is -2.63. The molecule has 0 saturated carbocycles. The monoisotopic (exact) mass is 325 g/mol. The van der Waals surface area contributed by atoms with Crippen molar-refractivity contribution in [2.45, 2.75) is 12.8 Å². The van der Waals surface area contributed by atoms with Crippen molar-refractivity contribution < 1.29 is 14.8 Å². The zero-order valence-corrected chi connectivity index (χ0v) is 12.4. The van der Waals surface area contributed by atoms with Gasteiger partial charge in [-0.1, -0.05) is 12.1 Å². The second-order valence-electron chi connectivity index (χ2n) is 4.90. The SMILES string of the molecule is CC(=O)N1C(N)=C(C#N)C(c2ccc([N+](=O)[O-])cc2)C(C#N)=C1O. The van der Waals surface area contributed by atoms with Crippen LogP contribution < -0.4 is 5.73 Å². The van der Waals surface area contributed by atoms with Crippen molar-refractivity contribution in [2.24, 2.45) is 5.73 Å². The fourth-order valence-electron chi connectivity index (χ4n) is 2.45. The number of aliphatic hydroxyl groups is 1. The minimum absolute atomic E-state index is 0.103. The van der Waals surface area contributed by atoms with Crippen molar-refractivity contribution in [1.29, 1.82) is 10.5 Å². The van der Waals surface area contributed by atoms with Gasteiger partial charge < -0.3 is 10.8 Å². The molecule has 0 aromatic heterocycles. The van der Waals surface area contributed by atoms with E-state index in [1.165, 1.54) is 24.3 Å². The topological polar surface area (TPSA) is 157 Å². The molecular formula is C15H11N5O4. The predicted molar refractivity (Wildman–Crippen MR) is 80.5 cm³/mol. The molecule has 0 spiro atoms. The van der Waals surface area contributed by atoms with E-state index in [2.05, 4.69) is 0 Å². The van der Waals surface area contributed by atoms with Crippen LogP contribution in [0.3, 0.4) is 0 Å². The summed E-state index contributed by atoms with van der Waals surface area (Å²) >= 11 is 0. The molecule has 0 bridgehead atoms. The summed E-state index contributed by atoms with van der Waals surface area (Å²) in [6.45, 7) is 1.12. The van der Waals surface area contributed by atoms with Gasteiger partial charge >= 0.3 is 0 Å². The number of nitriles is 2. The minimum Gasteiger partial charge on any atom is -0.493 e. The first kappa shape index (κ1) is 16.5. The number of nitro groups is 1. The largest absolute Gasteiger partial charge is 0.493 e. The number of hydrogen-bond donors (Lipinski definition) is 2. The third-order valence-electron chi connectivity index (χ3n) is 3.54. The Kier molecular flexibility index (Phi) is 4.20. The van der Waals surface area contributed by atoms with Crippen molar-refractivity contribution in [3.8, 4) is 12.1 Å². The Bertz CT molecular complexity index is 833. The van der Waals surface area contributed by atoms with E-state index in [-0.39, 0.29) is 22.7 Å². The Morgan fingerprint density at radius 3 is 2.25 bits per heavy atom. The highest BCUT2D eigenvalue weighted by Gasteiger charge is 2.37. The van der Waals surface area contributed by atoms with Gasteiger partial charge in [0, 0.05) is 19.1 Å². The molecule has 0 aliphatic carbocycles. The zero-order valence-electron chi connectivity index (χ0n) is 12.4. The number of hydrogen-bond acceptors (Lipinski definition) is 7. The Balaban J connectivity index is 2.67. The van der Waals surface area contributed by atoms with Gasteiger partial charge in [0.1, 0.15) is 17.5 Å². The maximum Gasteiger partial charge on any atom is 0.269 e. The summed E-state index contributed by atoms with van der Waals surface area (Å²) in [5, 5.41) is 39.7. The molecule has 0 fully saturated rings. The molecule has 9 heteroatoms. The highest BCUT2D eigenvalue weighted by Crippen LogP contribution is 2.39. The van der Waals surface area contributed by atoms with E-state index >= 15 is 0 Å². The summed E-state index contributed by atoms with van der Waals surface area (Å²) in [6, 6.07) is 8.76. The van der Waals surface area contributed by atoms with Crippen LogP contribution in [0.2, 0.25) is 0 Å². The first-order valence-electron chi connectivity index (χ1n) is 6.61. The van der Waals surface area contributed by atoms with Gasteiger partial charge in [-0.15, -0.1) is 0 Å². The molecule has 1 heterocycles. The number of nitrogens with two attached hydrogens (primary N) is 1. The van der Waals surface area contributed by atoms with Crippen LogP contribution in [0, 0.1) is 32.8 Å². The zero-order chi connectivity index (χ0) is 18.0. The predicted octanol–water partition coefficient (Wildman–Crippen LogP) is 1.53. The van der Waals surface area contributed by atoms with E-state index < -0.39 is 22.6 Å². The number of benzene rings is 1. The van der Waals surface area contributed by atoms with Gasteiger partial charge in [-0.3, -0.25) is 14.9 Å². The molecule has 1 atom stereocenters. The number of carbonyl (C=O) groups is 1. The van der Waals surface area contributed by atoms with E-state index in [1.807, 2.05) is 6.07 Å². The molecule has 1 aliphatic heterocycles. The highest BCUT2D eigenvalue weighted by molar-refractivity contribution is 5.79. The molecular weight excluding hydrogens is 314 g/mol. The molecule has 1 aliphatic rings. The number of rotatable bonds is 2. The number of non-ortho nitro benzene ring substituents is 1. The van der Waals surface area contributed by atoms with Gasteiger partial charge in [-0.25, -0.2) is 4.90 Å². The third kappa shape index (κ3) is 2.51. The number of aliphatic hydroxyl groups excluding tert-OH is 1. The van der Waals surface area contributed by atoms with E-state index in [9.17, 15) is 30.5 Å². The molecule has 3 N–H and O–H groups in total. The number of nitro benzene ring substituents is 1. The lowest BCUT2D eigenvalue weighted by molar-refractivity contribution is -0.384. The van der Waals surface area contributed by atoms with Crippen LogP contribution in [0.4, 0.5) is 5.69 Å². The quantitative estimate of drug-likeness (QED) is 0.616. The van der Waals surface area contributed by atoms with Crippen LogP contribution in [0.25, 0.3) is 0 Å². The molecule has 9 nitrogen and oxygen atoms in total. The second kappa shape index (κ2) is 6.10.